The highest BCUT2D eigenvalue weighted by atomic mass is 35.5. The van der Waals surface area contributed by atoms with Gasteiger partial charge in [0.1, 0.15) is 17.6 Å². The smallest absolute Gasteiger partial charge is 0.142 e. The SMILES string of the molecule is N#Cc1ccc2cc(F)c(Cl)cc2n1. The first kappa shape index (κ1) is 8.92. The minimum absolute atomic E-state index is 0.0140. The zero-order chi connectivity index (χ0) is 10.1. The van der Waals surface area contributed by atoms with Gasteiger partial charge in [-0.3, -0.25) is 0 Å². The number of fused-ring (bicyclic) bond motifs is 1. The van der Waals surface area contributed by atoms with Crippen molar-refractivity contribution in [2.75, 3.05) is 0 Å². The summed E-state index contributed by atoms with van der Waals surface area (Å²) in [4.78, 5) is 3.98. The molecule has 0 fully saturated rings. The van der Waals surface area contributed by atoms with E-state index in [0.717, 1.165) is 0 Å². The summed E-state index contributed by atoms with van der Waals surface area (Å²) >= 11 is 5.59. The number of hydrogen-bond donors (Lipinski definition) is 0. The largest absolute Gasteiger partial charge is 0.237 e. The molecule has 4 heteroatoms. The maximum atomic E-state index is 13.0. The number of nitrogens with zero attached hydrogens (tertiary/aromatic N) is 2. The molecule has 0 bridgehead atoms. The van der Waals surface area contributed by atoms with Gasteiger partial charge in [-0.15, -0.1) is 0 Å². The number of rotatable bonds is 0. The fourth-order valence-electron chi connectivity index (χ4n) is 1.18. The van der Waals surface area contributed by atoms with Crippen LogP contribution in [0.2, 0.25) is 5.02 Å². The van der Waals surface area contributed by atoms with Gasteiger partial charge in [-0.1, -0.05) is 11.6 Å². The molecule has 2 rings (SSSR count). The van der Waals surface area contributed by atoms with Crippen molar-refractivity contribution in [1.29, 1.82) is 5.26 Å². The molecule has 68 valence electrons. The first-order valence-electron chi connectivity index (χ1n) is 3.86. The topological polar surface area (TPSA) is 36.7 Å². The van der Waals surface area contributed by atoms with E-state index in [1.54, 1.807) is 6.07 Å². The quantitative estimate of drug-likeness (QED) is 0.665. The van der Waals surface area contributed by atoms with Gasteiger partial charge in [-0.2, -0.15) is 5.26 Å². The van der Waals surface area contributed by atoms with E-state index < -0.39 is 5.82 Å². The molecule has 0 saturated heterocycles. The molecule has 2 aromatic rings. The lowest BCUT2D eigenvalue weighted by Gasteiger charge is -1.99. The summed E-state index contributed by atoms with van der Waals surface area (Å²) in [6.45, 7) is 0. The van der Waals surface area contributed by atoms with Crippen molar-refractivity contribution in [3.05, 3.63) is 40.8 Å². The van der Waals surface area contributed by atoms with Crippen LogP contribution in [0.15, 0.2) is 24.3 Å². The second-order valence-electron chi connectivity index (χ2n) is 2.77. The summed E-state index contributed by atoms with van der Waals surface area (Å²) in [5.74, 6) is -0.481. The highest BCUT2D eigenvalue weighted by Crippen LogP contribution is 2.21. The number of hydrogen-bond acceptors (Lipinski definition) is 2. The van der Waals surface area contributed by atoms with E-state index in [4.69, 9.17) is 16.9 Å². The molecular formula is C10H4ClFN2. The van der Waals surface area contributed by atoms with E-state index in [0.29, 0.717) is 16.6 Å². The summed E-state index contributed by atoms with van der Waals surface area (Å²) in [5.41, 5.74) is 0.815. The van der Waals surface area contributed by atoms with Crippen molar-refractivity contribution in [3.63, 3.8) is 0 Å². The van der Waals surface area contributed by atoms with Crippen LogP contribution in [-0.2, 0) is 0 Å². The van der Waals surface area contributed by atoms with Gasteiger partial charge in [0.25, 0.3) is 0 Å². The summed E-state index contributed by atoms with van der Waals surface area (Å²) in [7, 11) is 0. The molecule has 1 aromatic carbocycles. The zero-order valence-electron chi connectivity index (χ0n) is 6.96. The minimum Gasteiger partial charge on any atom is -0.237 e. The molecule has 0 amide bonds. The van der Waals surface area contributed by atoms with E-state index in [1.807, 2.05) is 6.07 Å². The van der Waals surface area contributed by atoms with Gasteiger partial charge in [0, 0.05) is 5.39 Å². The van der Waals surface area contributed by atoms with Gasteiger partial charge < -0.3 is 0 Å². The molecule has 0 aliphatic carbocycles. The Balaban J connectivity index is 2.78. The van der Waals surface area contributed by atoms with Crippen LogP contribution in [0.1, 0.15) is 5.69 Å². The van der Waals surface area contributed by atoms with Crippen LogP contribution in [0, 0.1) is 17.1 Å². The molecule has 0 radical (unpaired) electrons. The van der Waals surface area contributed by atoms with Gasteiger partial charge in [0.2, 0.25) is 0 Å². The van der Waals surface area contributed by atoms with Crippen molar-refractivity contribution in [2.24, 2.45) is 0 Å². The molecule has 1 aromatic heterocycles. The normalized spacial score (nSPS) is 10.1. The second kappa shape index (κ2) is 3.24. The van der Waals surface area contributed by atoms with Crippen molar-refractivity contribution in [2.45, 2.75) is 0 Å². The Morgan fingerprint density at radius 1 is 1.36 bits per heavy atom. The number of nitriles is 1. The van der Waals surface area contributed by atoms with Gasteiger partial charge in [0.05, 0.1) is 10.5 Å². The first-order chi connectivity index (χ1) is 6.70. The summed E-state index contributed by atoms with van der Waals surface area (Å²) in [6, 6.07) is 7.79. The molecule has 0 N–H and O–H groups in total. The number of benzene rings is 1. The van der Waals surface area contributed by atoms with Gasteiger partial charge in [-0.25, -0.2) is 9.37 Å². The molecule has 0 saturated carbocycles. The van der Waals surface area contributed by atoms with Gasteiger partial charge in [0.15, 0.2) is 0 Å². The lowest BCUT2D eigenvalue weighted by molar-refractivity contribution is 0.630. The van der Waals surface area contributed by atoms with E-state index in [9.17, 15) is 4.39 Å². The van der Waals surface area contributed by atoms with Crippen LogP contribution < -0.4 is 0 Å². The van der Waals surface area contributed by atoms with E-state index in [-0.39, 0.29) is 5.02 Å². The molecule has 0 unspecified atom stereocenters. The molecular weight excluding hydrogens is 203 g/mol. The predicted molar refractivity (Wildman–Crippen MR) is 51.4 cm³/mol. The number of pyridine rings is 1. The molecule has 0 aliphatic rings. The van der Waals surface area contributed by atoms with Crippen LogP contribution >= 0.6 is 11.6 Å². The van der Waals surface area contributed by atoms with Crippen LogP contribution in [0.3, 0.4) is 0 Å². The molecule has 2 nitrogen and oxygen atoms in total. The molecule has 0 aliphatic heterocycles. The summed E-state index contributed by atoms with van der Waals surface area (Å²) in [5, 5.41) is 9.25. The number of halogens is 2. The van der Waals surface area contributed by atoms with Gasteiger partial charge >= 0.3 is 0 Å². The maximum Gasteiger partial charge on any atom is 0.142 e. The molecule has 1 heterocycles. The Labute approximate surface area is 84.6 Å². The maximum absolute atomic E-state index is 13.0. The average molecular weight is 207 g/mol. The Kier molecular flexibility index (Phi) is 2.06. The Hall–Kier alpha value is -1.66. The van der Waals surface area contributed by atoms with Crippen molar-refractivity contribution < 1.29 is 4.39 Å². The first-order valence-corrected chi connectivity index (χ1v) is 4.24. The van der Waals surface area contributed by atoms with E-state index >= 15 is 0 Å². The van der Waals surface area contributed by atoms with Crippen molar-refractivity contribution in [3.8, 4) is 6.07 Å². The van der Waals surface area contributed by atoms with E-state index in [2.05, 4.69) is 4.98 Å². The Morgan fingerprint density at radius 3 is 2.86 bits per heavy atom. The Morgan fingerprint density at radius 2 is 2.14 bits per heavy atom. The lowest BCUT2D eigenvalue weighted by Crippen LogP contribution is -1.86. The third-order valence-electron chi connectivity index (χ3n) is 1.85. The van der Waals surface area contributed by atoms with Crippen molar-refractivity contribution >= 4 is 22.5 Å². The lowest BCUT2D eigenvalue weighted by atomic mass is 10.2. The minimum atomic E-state index is -0.481. The highest BCUT2D eigenvalue weighted by molar-refractivity contribution is 6.31. The van der Waals surface area contributed by atoms with Crippen LogP contribution in [-0.4, -0.2) is 4.98 Å². The average Bonchev–Trinajstić information content (AvgIpc) is 2.19. The van der Waals surface area contributed by atoms with E-state index in [1.165, 1.54) is 18.2 Å². The molecule has 0 atom stereocenters. The third-order valence-corrected chi connectivity index (χ3v) is 2.14. The summed E-state index contributed by atoms with van der Waals surface area (Å²) in [6.07, 6.45) is 0. The fraction of sp³-hybridized carbons (Fsp3) is 0. The van der Waals surface area contributed by atoms with Crippen molar-refractivity contribution in [1.82, 2.24) is 4.98 Å². The summed E-state index contributed by atoms with van der Waals surface area (Å²) < 4.78 is 13.0. The zero-order valence-corrected chi connectivity index (χ0v) is 7.72. The molecule has 0 spiro atoms. The van der Waals surface area contributed by atoms with Gasteiger partial charge in [-0.05, 0) is 24.3 Å². The predicted octanol–water partition coefficient (Wildman–Crippen LogP) is 2.90. The molecule has 14 heavy (non-hydrogen) atoms. The Bertz CT molecular complexity index is 546. The highest BCUT2D eigenvalue weighted by Gasteiger charge is 2.03. The second-order valence-corrected chi connectivity index (χ2v) is 3.17. The third kappa shape index (κ3) is 1.40. The number of aromatic nitrogens is 1. The van der Waals surface area contributed by atoms with Crippen LogP contribution in [0.5, 0.6) is 0 Å². The van der Waals surface area contributed by atoms with Crippen LogP contribution in [0.4, 0.5) is 4.39 Å². The fourth-order valence-corrected chi connectivity index (χ4v) is 1.34. The standard InChI is InChI=1S/C10H4ClFN2/c11-8-4-10-6(3-9(8)12)1-2-7(5-13)14-10/h1-4H. The van der Waals surface area contributed by atoms with Crippen LogP contribution in [0.25, 0.3) is 10.9 Å². The monoisotopic (exact) mass is 206 g/mol.